The van der Waals surface area contributed by atoms with Crippen LogP contribution in [0, 0.1) is 0 Å². The molecule has 0 fully saturated rings. The van der Waals surface area contributed by atoms with Crippen LogP contribution in [0.4, 0.5) is 0 Å². The normalized spacial score (nSPS) is 13.0. The minimum Gasteiger partial charge on any atom is -0.368 e. The highest BCUT2D eigenvalue weighted by atomic mass is 32.1. The van der Waals surface area contributed by atoms with E-state index in [1.54, 1.807) is 0 Å². The molecule has 3 heteroatoms. The number of hydrogen-bond donors (Lipinski definition) is 2. The van der Waals surface area contributed by atoms with Gasteiger partial charge in [0.2, 0.25) is 0 Å². The maximum absolute atomic E-state index is 4.19. The molecule has 1 nitrogen and oxygen atoms in total. The highest BCUT2D eigenvalue weighted by molar-refractivity contribution is 7.84. The van der Waals surface area contributed by atoms with E-state index in [4.69, 9.17) is 0 Å². The first kappa shape index (κ1) is 9.24. The molecule has 0 heterocycles. The molecule has 0 aliphatic carbocycles. The first-order valence-corrected chi connectivity index (χ1v) is 3.86. The summed E-state index contributed by atoms with van der Waals surface area (Å²) < 4.78 is 0. The molecule has 0 aromatic heterocycles. The number of rotatable bonds is 2. The largest absolute Gasteiger partial charge is 0.368 e. The predicted molar refractivity (Wildman–Crippen MR) is 49.0 cm³/mol. The number of allylic oxidation sites excluding steroid dienone is 2. The Balaban J connectivity index is 4.02. The molecule has 0 bridgehead atoms. The van der Waals surface area contributed by atoms with Gasteiger partial charge in [0, 0.05) is 12.7 Å². The van der Waals surface area contributed by atoms with Crippen LogP contribution in [-0.2, 0) is 0 Å². The summed E-state index contributed by atoms with van der Waals surface area (Å²) in [5, 5.41) is 0. The Hall–Kier alpha value is 0.240. The summed E-state index contributed by atoms with van der Waals surface area (Å²) >= 11 is 8.30. The van der Waals surface area contributed by atoms with Crippen molar-refractivity contribution in [3.05, 3.63) is 10.6 Å². The predicted octanol–water partition coefficient (Wildman–Crippen LogP) is 1.99. The maximum Gasteiger partial charge on any atom is 0.0604 e. The molecule has 0 aromatic carbocycles. The van der Waals surface area contributed by atoms with E-state index < -0.39 is 0 Å². The number of thiol groups is 2. The van der Waals surface area contributed by atoms with E-state index in [9.17, 15) is 0 Å². The Kier molecular flexibility index (Phi) is 4.23. The number of nitrogens with zero attached hydrogens (tertiary/aromatic N) is 1. The molecule has 0 aliphatic rings. The highest BCUT2D eigenvalue weighted by Gasteiger charge is 1.96. The summed E-state index contributed by atoms with van der Waals surface area (Å²) in [4.78, 5) is 3.08. The van der Waals surface area contributed by atoms with Crippen LogP contribution in [0.25, 0.3) is 0 Å². The van der Waals surface area contributed by atoms with Crippen molar-refractivity contribution in [2.75, 3.05) is 12.9 Å². The van der Waals surface area contributed by atoms with Gasteiger partial charge in [0.15, 0.2) is 0 Å². The zero-order chi connectivity index (χ0) is 7.44. The molecule has 0 unspecified atom stereocenters. The zero-order valence-corrected chi connectivity index (χ0v) is 7.84. The van der Waals surface area contributed by atoms with Gasteiger partial charge in [0.25, 0.3) is 0 Å². The fraction of sp³-hybridized carbons (Fsp3) is 0.667. The van der Waals surface area contributed by atoms with Crippen molar-refractivity contribution in [2.24, 2.45) is 0 Å². The molecular formula is C6H13NS2. The Morgan fingerprint density at radius 1 is 1.44 bits per heavy atom. The molecule has 0 spiro atoms. The zero-order valence-electron chi connectivity index (χ0n) is 6.05. The fourth-order valence-corrected chi connectivity index (χ4v) is 0.765. The lowest BCUT2D eigenvalue weighted by molar-refractivity contribution is 0.493. The van der Waals surface area contributed by atoms with Crippen molar-refractivity contribution < 1.29 is 0 Å². The van der Waals surface area contributed by atoms with Crippen molar-refractivity contribution >= 4 is 25.3 Å². The molecule has 0 aliphatic heterocycles. The molecule has 0 atom stereocenters. The molecule has 9 heavy (non-hydrogen) atoms. The molecule has 0 amide bonds. The average Bonchev–Trinajstić information content (AvgIpc) is 1.84. The lowest BCUT2D eigenvalue weighted by atomic mass is 10.4. The molecule has 0 saturated heterocycles. The standard InChI is InChI=1S/C6H13NS2/c1-5(6(2)9)7(3)4-8/h8-9H,4H2,1-3H3/b6-5+. The summed E-state index contributed by atoms with van der Waals surface area (Å²) in [5.41, 5.74) is 1.17. The minimum absolute atomic E-state index is 0.740. The summed E-state index contributed by atoms with van der Waals surface area (Å²) in [5.74, 6) is 0.740. The van der Waals surface area contributed by atoms with Gasteiger partial charge in [-0.25, -0.2) is 0 Å². The Labute approximate surface area is 67.9 Å². The highest BCUT2D eigenvalue weighted by Crippen LogP contribution is 2.10. The first-order chi connectivity index (χ1) is 4.09. The molecule has 0 N–H and O–H groups in total. The maximum atomic E-state index is 4.19. The smallest absolute Gasteiger partial charge is 0.0604 e. The SMILES string of the molecule is C/C(S)=C(/C)N(C)CS. The monoisotopic (exact) mass is 163 g/mol. The fourth-order valence-electron chi connectivity index (χ4n) is 0.382. The molecule has 0 radical (unpaired) electrons. The summed E-state index contributed by atoms with van der Waals surface area (Å²) in [6.45, 7) is 4.00. The van der Waals surface area contributed by atoms with Crippen molar-refractivity contribution in [1.82, 2.24) is 4.90 Å². The van der Waals surface area contributed by atoms with Crippen LogP contribution in [0.1, 0.15) is 13.8 Å². The summed E-state index contributed by atoms with van der Waals surface area (Å²) in [6, 6.07) is 0. The number of hydrogen-bond acceptors (Lipinski definition) is 3. The summed E-state index contributed by atoms with van der Waals surface area (Å²) in [7, 11) is 1.99. The molecule has 0 rings (SSSR count). The van der Waals surface area contributed by atoms with Crippen LogP contribution in [0.3, 0.4) is 0 Å². The van der Waals surface area contributed by atoms with E-state index in [0.29, 0.717) is 0 Å². The topological polar surface area (TPSA) is 3.24 Å². The first-order valence-electron chi connectivity index (χ1n) is 2.78. The molecule has 54 valence electrons. The lowest BCUT2D eigenvalue weighted by Gasteiger charge is -2.17. The van der Waals surface area contributed by atoms with Gasteiger partial charge in [0.1, 0.15) is 0 Å². The quantitative estimate of drug-likeness (QED) is 0.465. The third-order valence-electron chi connectivity index (χ3n) is 1.31. The van der Waals surface area contributed by atoms with Crippen LogP contribution in [0.15, 0.2) is 10.6 Å². The van der Waals surface area contributed by atoms with E-state index in [1.807, 2.05) is 25.8 Å². The minimum atomic E-state index is 0.740. The Morgan fingerprint density at radius 2 is 1.89 bits per heavy atom. The van der Waals surface area contributed by atoms with Gasteiger partial charge >= 0.3 is 0 Å². The van der Waals surface area contributed by atoms with E-state index in [-0.39, 0.29) is 0 Å². The van der Waals surface area contributed by atoms with E-state index in [1.165, 1.54) is 5.70 Å². The Bertz CT molecular complexity index is 116. The van der Waals surface area contributed by atoms with Gasteiger partial charge in [-0.2, -0.15) is 12.6 Å². The Morgan fingerprint density at radius 3 is 2.00 bits per heavy atom. The van der Waals surface area contributed by atoms with Gasteiger partial charge in [-0.3, -0.25) is 0 Å². The third kappa shape index (κ3) is 3.06. The second-order valence-corrected chi connectivity index (χ2v) is 2.96. The third-order valence-corrected chi connectivity index (χ3v) is 2.06. The van der Waals surface area contributed by atoms with Crippen molar-refractivity contribution in [3.63, 3.8) is 0 Å². The van der Waals surface area contributed by atoms with Crippen LogP contribution < -0.4 is 0 Å². The lowest BCUT2D eigenvalue weighted by Crippen LogP contribution is -2.13. The van der Waals surface area contributed by atoms with Crippen LogP contribution in [-0.4, -0.2) is 17.8 Å². The van der Waals surface area contributed by atoms with Gasteiger partial charge in [-0.1, -0.05) is 0 Å². The summed E-state index contributed by atoms with van der Waals surface area (Å²) in [6.07, 6.45) is 0. The van der Waals surface area contributed by atoms with E-state index >= 15 is 0 Å². The van der Waals surface area contributed by atoms with Crippen LogP contribution >= 0.6 is 25.3 Å². The molecular weight excluding hydrogens is 150 g/mol. The second-order valence-electron chi connectivity index (χ2n) is 2.01. The van der Waals surface area contributed by atoms with Gasteiger partial charge < -0.3 is 4.90 Å². The van der Waals surface area contributed by atoms with E-state index in [0.717, 1.165) is 10.8 Å². The van der Waals surface area contributed by atoms with Gasteiger partial charge in [-0.05, 0) is 18.8 Å². The van der Waals surface area contributed by atoms with Gasteiger partial charge in [0.05, 0.1) is 5.88 Å². The van der Waals surface area contributed by atoms with Crippen molar-refractivity contribution in [2.45, 2.75) is 13.8 Å². The molecule has 0 aromatic rings. The van der Waals surface area contributed by atoms with Crippen molar-refractivity contribution in [3.8, 4) is 0 Å². The second kappa shape index (κ2) is 4.12. The van der Waals surface area contributed by atoms with E-state index in [2.05, 4.69) is 25.3 Å². The van der Waals surface area contributed by atoms with Crippen molar-refractivity contribution in [1.29, 1.82) is 0 Å². The van der Waals surface area contributed by atoms with Crippen LogP contribution in [0.2, 0.25) is 0 Å². The molecule has 0 saturated carbocycles. The van der Waals surface area contributed by atoms with Crippen LogP contribution in [0.5, 0.6) is 0 Å². The average molecular weight is 163 g/mol. The van der Waals surface area contributed by atoms with Gasteiger partial charge in [-0.15, -0.1) is 12.6 Å².